The highest BCUT2D eigenvalue weighted by atomic mass is 32.2. The van der Waals surface area contributed by atoms with Crippen LogP contribution in [-0.2, 0) is 4.79 Å². The number of carbonyl (C=O) groups is 1. The maximum absolute atomic E-state index is 12.4. The second kappa shape index (κ2) is 8.40. The largest absolute Gasteiger partial charge is 0.398 e. The number of para-hydroxylation sites is 1. The minimum Gasteiger partial charge on any atom is -0.398 e. The smallest absolute Gasteiger partial charge is 0.239 e. The number of hydrogen-bond acceptors (Lipinski definition) is 7. The Bertz CT molecular complexity index is 632. The molecule has 118 valence electrons. The van der Waals surface area contributed by atoms with Crippen LogP contribution in [0.2, 0.25) is 0 Å². The molecule has 0 fully saturated rings. The van der Waals surface area contributed by atoms with Crippen molar-refractivity contribution in [2.75, 3.05) is 16.8 Å². The number of nitrogen functional groups attached to an aromatic ring is 1. The van der Waals surface area contributed by atoms with E-state index < -0.39 is 0 Å². The summed E-state index contributed by atoms with van der Waals surface area (Å²) in [5.74, 6) is 0.864. The maximum Gasteiger partial charge on any atom is 0.239 e. The molecule has 1 aromatic heterocycles. The molecular weight excluding hydrogens is 336 g/mol. The van der Waals surface area contributed by atoms with Crippen molar-refractivity contribution >= 4 is 51.6 Å². The molecule has 3 N–H and O–H groups in total. The molecule has 0 bridgehead atoms. The number of anilines is 2. The van der Waals surface area contributed by atoms with Crippen molar-refractivity contribution in [1.29, 1.82) is 0 Å². The Balaban J connectivity index is 2.00. The topological polar surface area (TPSA) is 80.9 Å². The molecule has 1 atom stereocenters. The van der Waals surface area contributed by atoms with E-state index >= 15 is 0 Å². The van der Waals surface area contributed by atoms with E-state index in [1.807, 2.05) is 31.2 Å². The second-order valence-electron chi connectivity index (χ2n) is 4.35. The van der Waals surface area contributed by atoms with Crippen LogP contribution >= 0.6 is 34.9 Å². The molecule has 1 unspecified atom stereocenters. The van der Waals surface area contributed by atoms with Crippen LogP contribution in [-0.4, -0.2) is 27.1 Å². The van der Waals surface area contributed by atoms with Crippen LogP contribution in [0.5, 0.6) is 0 Å². The van der Waals surface area contributed by atoms with Crippen molar-refractivity contribution in [3.8, 4) is 0 Å². The van der Waals surface area contributed by atoms with E-state index in [1.54, 1.807) is 11.8 Å². The Labute approximate surface area is 142 Å². The summed E-state index contributed by atoms with van der Waals surface area (Å²) in [6, 6.07) is 7.57. The molecular formula is C14H18N4OS3. The van der Waals surface area contributed by atoms with Crippen LogP contribution in [0.1, 0.15) is 20.3 Å². The second-order valence-corrected chi connectivity index (χ2v) is 8.08. The Morgan fingerprint density at radius 2 is 2.14 bits per heavy atom. The minimum absolute atomic E-state index is 0.0695. The van der Waals surface area contributed by atoms with Gasteiger partial charge in [-0.15, -0.1) is 22.0 Å². The van der Waals surface area contributed by atoms with Crippen molar-refractivity contribution in [3.05, 3.63) is 24.3 Å². The first-order chi connectivity index (χ1) is 10.6. The first-order valence-electron chi connectivity index (χ1n) is 6.92. The van der Waals surface area contributed by atoms with Crippen LogP contribution in [0.15, 0.2) is 33.5 Å². The zero-order valence-electron chi connectivity index (χ0n) is 12.4. The number of carbonyl (C=O) groups excluding carboxylic acids is 1. The van der Waals surface area contributed by atoms with Crippen LogP contribution in [0.4, 0.5) is 10.8 Å². The normalized spacial score (nSPS) is 12.1. The summed E-state index contributed by atoms with van der Waals surface area (Å²) in [6.45, 7) is 4.03. The standard InChI is InChI=1S/C14H18N4OS3/c1-3-10(21-11-8-6-5-7-9(11)15)12(19)16-13-17-18-14(22-13)20-4-2/h5-8,10H,3-4,15H2,1-2H3,(H,16,17,19). The Hall–Kier alpha value is -1.25. The maximum atomic E-state index is 12.4. The van der Waals surface area contributed by atoms with E-state index in [0.29, 0.717) is 17.2 Å². The van der Waals surface area contributed by atoms with E-state index in [0.717, 1.165) is 15.0 Å². The summed E-state index contributed by atoms with van der Waals surface area (Å²) >= 11 is 4.49. The summed E-state index contributed by atoms with van der Waals surface area (Å²) in [6.07, 6.45) is 0.709. The lowest BCUT2D eigenvalue weighted by Gasteiger charge is -2.14. The van der Waals surface area contributed by atoms with Gasteiger partial charge in [-0.05, 0) is 24.3 Å². The number of amides is 1. The third-order valence-corrected chi connectivity index (χ3v) is 6.07. The Kier molecular flexibility index (Phi) is 6.53. The van der Waals surface area contributed by atoms with Gasteiger partial charge in [-0.3, -0.25) is 10.1 Å². The first kappa shape index (κ1) is 17.1. The van der Waals surface area contributed by atoms with E-state index in [1.165, 1.54) is 23.1 Å². The summed E-state index contributed by atoms with van der Waals surface area (Å²) in [7, 11) is 0. The zero-order chi connectivity index (χ0) is 15.9. The Morgan fingerprint density at radius 3 is 2.82 bits per heavy atom. The summed E-state index contributed by atoms with van der Waals surface area (Å²) < 4.78 is 0.866. The van der Waals surface area contributed by atoms with Gasteiger partial charge in [0.25, 0.3) is 0 Å². The molecule has 0 aliphatic rings. The predicted octanol–water partition coefficient (Wildman–Crippen LogP) is 3.74. The van der Waals surface area contributed by atoms with Crippen molar-refractivity contribution in [1.82, 2.24) is 10.2 Å². The van der Waals surface area contributed by atoms with Gasteiger partial charge in [0.15, 0.2) is 4.34 Å². The molecule has 1 aromatic carbocycles. The van der Waals surface area contributed by atoms with E-state index in [2.05, 4.69) is 22.4 Å². The molecule has 22 heavy (non-hydrogen) atoms. The van der Waals surface area contributed by atoms with Gasteiger partial charge in [0.05, 0.1) is 5.25 Å². The number of hydrogen-bond donors (Lipinski definition) is 2. The summed E-state index contributed by atoms with van der Waals surface area (Å²) in [4.78, 5) is 13.3. The van der Waals surface area contributed by atoms with Crippen molar-refractivity contribution in [2.45, 2.75) is 34.8 Å². The van der Waals surface area contributed by atoms with Gasteiger partial charge in [0, 0.05) is 10.6 Å². The third-order valence-electron chi connectivity index (χ3n) is 2.76. The van der Waals surface area contributed by atoms with Gasteiger partial charge < -0.3 is 5.73 Å². The quantitative estimate of drug-likeness (QED) is 0.448. The molecule has 0 spiro atoms. The highest BCUT2D eigenvalue weighted by Crippen LogP contribution is 2.31. The predicted molar refractivity (Wildman–Crippen MR) is 95.7 cm³/mol. The van der Waals surface area contributed by atoms with Gasteiger partial charge in [-0.2, -0.15) is 0 Å². The number of nitrogens with one attached hydrogen (secondary N) is 1. The van der Waals surface area contributed by atoms with Crippen LogP contribution in [0.25, 0.3) is 0 Å². The van der Waals surface area contributed by atoms with E-state index in [9.17, 15) is 4.79 Å². The molecule has 0 radical (unpaired) electrons. The number of aromatic nitrogens is 2. The van der Waals surface area contributed by atoms with Gasteiger partial charge in [0.2, 0.25) is 11.0 Å². The fourth-order valence-corrected chi connectivity index (χ4v) is 4.34. The third kappa shape index (κ3) is 4.62. The average molecular weight is 355 g/mol. The first-order valence-corrected chi connectivity index (χ1v) is 9.60. The molecule has 2 aromatic rings. The van der Waals surface area contributed by atoms with Crippen molar-refractivity contribution in [3.63, 3.8) is 0 Å². The molecule has 0 aliphatic carbocycles. The van der Waals surface area contributed by atoms with Crippen LogP contribution in [0.3, 0.4) is 0 Å². The highest BCUT2D eigenvalue weighted by molar-refractivity contribution is 8.01. The molecule has 5 nitrogen and oxygen atoms in total. The number of nitrogens with zero attached hydrogens (tertiary/aromatic N) is 2. The molecule has 0 aliphatic heterocycles. The number of thioether (sulfide) groups is 2. The van der Waals surface area contributed by atoms with E-state index in [4.69, 9.17) is 5.73 Å². The van der Waals surface area contributed by atoms with Crippen LogP contribution < -0.4 is 11.1 Å². The lowest BCUT2D eigenvalue weighted by molar-refractivity contribution is -0.115. The van der Waals surface area contributed by atoms with Gasteiger partial charge in [-0.25, -0.2) is 0 Å². The van der Waals surface area contributed by atoms with E-state index in [-0.39, 0.29) is 11.2 Å². The fraction of sp³-hybridized carbons (Fsp3) is 0.357. The number of rotatable bonds is 7. The molecule has 1 heterocycles. The number of benzene rings is 1. The summed E-state index contributed by atoms with van der Waals surface area (Å²) in [5.41, 5.74) is 6.63. The average Bonchev–Trinajstić information content (AvgIpc) is 2.94. The lowest BCUT2D eigenvalue weighted by Crippen LogP contribution is -2.24. The van der Waals surface area contributed by atoms with Gasteiger partial charge >= 0.3 is 0 Å². The highest BCUT2D eigenvalue weighted by Gasteiger charge is 2.20. The van der Waals surface area contributed by atoms with Crippen molar-refractivity contribution < 1.29 is 4.79 Å². The SMILES string of the molecule is CCSc1nnc(NC(=O)C(CC)Sc2ccccc2N)s1. The monoisotopic (exact) mass is 354 g/mol. The molecule has 2 rings (SSSR count). The molecule has 8 heteroatoms. The van der Waals surface area contributed by atoms with Gasteiger partial charge in [0.1, 0.15) is 0 Å². The number of nitrogens with two attached hydrogens (primary N) is 1. The fourth-order valence-electron chi connectivity index (χ4n) is 1.69. The van der Waals surface area contributed by atoms with Crippen molar-refractivity contribution in [2.24, 2.45) is 0 Å². The lowest BCUT2D eigenvalue weighted by atomic mass is 10.3. The zero-order valence-corrected chi connectivity index (χ0v) is 14.9. The summed E-state index contributed by atoms with van der Waals surface area (Å²) in [5, 5.41) is 11.2. The molecule has 1 amide bonds. The van der Waals surface area contributed by atoms with Crippen LogP contribution in [0, 0.1) is 0 Å². The molecule has 0 saturated heterocycles. The Morgan fingerprint density at radius 1 is 1.36 bits per heavy atom. The minimum atomic E-state index is -0.212. The molecule has 0 saturated carbocycles. The van der Waals surface area contributed by atoms with Gasteiger partial charge in [-0.1, -0.05) is 49.1 Å².